The summed E-state index contributed by atoms with van der Waals surface area (Å²) in [6.45, 7) is 7.62. The normalized spacial score (nSPS) is 15.9. The predicted octanol–water partition coefficient (Wildman–Crippen LogP) is 3.85. The van der Waals surface area contributed by atoms with Gasteiger partial charge in [0.05, 0.1) is 12.1 Å². The lowest BCUT2D eigenvalue weighted by Crippen LogP contribution is -2.36. The van der Waals surface area contributed by atoms with Gasteiger partial charge in [-0.25, -0.2) is 4.79 Å². The van der Waals surface area contributed by atoms with Gasteiger partial charge < -0.3 is 19.7 Å². The van der Waals surface area contributed by atoms with Crippen LogP contribution in [0, 0.1) is 0 Å². The summed E-state index contributed by atoms with van der Waals surface area (Å²) in [7, 11) is 0. The van der Waals surface area contributed by atoms with Crippen molar-refractivity contribution in [2.75, 3.05) is 31.7 Å². The second-order valence-electron chi connectivity index (χ2n) is 9.38. The molecule has 1 aromatic heterocycles. The number of nitrogens with one attached hydrogen (secondary N) is 2. The molecule has 0 radical (unpaired) electrons. The lowest BCUT2D eigenvalue weighted by Gasteiger charge is -2.23. The number of ether oxygens (including phenoxy) is 2. The molecule has 1 saturated heterocycles. The zero-order valence-electron chi connectivity index (χ0n) is 20.1. The molecule has 0 saturated carbocycles. The van der Waals surface area contributed by atoms with Gasteiger partial charge in [0.1, 0.15) is 11.3 Å². The van der Waals surface area contributed by atoms with E-state index in [2.05, 4.69) is 31.4 Å². The van der Waals surface area contributed by atoms with Gasteiger partial charge in [-0.15, -0.1) is 11.3 Å². The van der Waals surface area contributed by atoms with Crippen molar-refractivity contribution < 1.29 is 23.9 Å². The third-order valence-corrected chi connectivity index (χ3v) is 7.15. The lowest BCUT2D eigenvalue weighted by atomic mass is 9.94. The van der Waals surface area contributed by atoms with Crippen LogP contribution in [0.3, 0.4) is 0 Å². The van der Waals surface area contributed by atoms with Crippen molar-refractivity contribution in [3.63, 3.8) is 0 Å². The standard InChI is InChI=1S/C25H30N4O5S/c1-25(2,3)19-13-18(23(31)28-11-9-20(30)26-10-12-28)22(35-19)27-24(32)29(21-15-33-16-34-21)14-17-7-5-4-6-8-17/h4-8,13,15H,9-12,14,16H2,1-3H3,(H,26,30)(H,27,32). The highest BCUT2D eigenvalue weighted by atomic mass is 32.1. The van der Waals surface area contributed by atoms with Gasteiger partial charge in [-0.05, 0) is 17.0 Å². The molecule has 3 heterocycles. The number of benzene rings is 1. The minimum absolute atomic E-state index is 0.0343. The molecule has 4 rings (SSSR count). The van der Waals surface area contributed by atoms with E-state index < -0.39 is 6.03 Å². The molecular weight excluding hydrogens is 468 g/mol. The Balaban J connectivity index is 1.62. The smallest absolute Gasteiger partial charge is 0.329 e. The Labute approximate surface area is 208 Å². The molecule has 2 aliphatic rings. The van der Waals surface area contributed by atoms with Gasteiger partial charge in [-0.3, -0.25) is 19.8 Å². The number of carbonyl (C=O) groups is 3. The van der Waals surface area contributed by atoms with E-state index in [1.165, 1.54) is 22.5 Å². The van der Waals surface area contributed by atoms with Crippen LogP contribution in [0.5, 0.6) is 0 Å². The maximum atomic E-state index is 13.5. The maximum Gasteiger partial charge on any atom is 0.329 e. The molecule has 2 aliphatic heterocycles. The number of nitrogens with zero attached hydrogens (tertiary/aromatic N) is 2. The fourth-order valence-corrected chi connectivity index (χ4v) is 4.81. The Bertz CT molecular complexity index is 1120. The molecule has 2 aromatic rings. The summed E-state index contributed by atoms with van der Waals surface area (Å²) in [5, 5.41) is 6.20. The fourth-order valence-electron chi connectivity index (χ4n) is 3.71. The second-order valence-corrected chi connectivity index (χ2v) is 10.4. The van der Waals surface area contributed by atoms with Gasteiger partial charge >= 0.3 is 6.03 Å². The summed E-state index contributed by atoms with van der Waals surface area (Å²) in [5.41, 5.74) is 1.12. The van der Waals surface area contributed by atoms with Crippen LogP contribution in [0.4, 0.5) is 9.80 Å². The molecular formula is C25H30N4O5S. The van der Waals surface area contributed by atoms with E-state index in [-0.39, 0.29) is 37.0 Å². The highest BCUT2D eigenvalue weighted by Crippen LogP contribution is 2.37. The quantitative estimate of drug-likeness (QED) is 0.652. The van der Waals surface area contributed by atoms with E-state index >= 15 is 0 Å². The van der Waals surface area contributed by atoms with Crippen molar-refractivity contribution in [2.45, 2.75) is 39.2 Å². The highest BCUT2D eigenvalue weighted by molar-refractivity contribution is 7.16. The number of carbonyl (C=O) groups excluding carboxylic acids is 3. The lowest BCUT2D eigenvalue weighted by molar-refractivity contribution is -0.120. The molecule has 2 N–H and O–H groups in total. The minimum Gasteiger partial charge on any atom is -0.459 e. The third kappa shape index (κ3) is 5.94. The zero-order valence-corrected chi connectivity index (χ0v) is 20.9. The Morgan fingerprint density at radius 3 is 2.66 bits per heavy atom. The predicted molar refractivity (Wildman–Crippen MR) is 133 cm³/mol. The summed E-state index contributed by atoms with van der Waals surface area (Å²) in [5.74, 6) is 0.0138. The van der Waals surface area contributed by atoms with Crippen LogP contribution in [0.15, 0.2) is 48.5 Å². The average molecular weight is 499 g/mol. The van der Waals surface area contributed by atoms with Crippen LogP contribution in [0.1, 0.15) is 48.0 Å². The molecule has 35 heavy (non-hydrogen) atoms. The van der Waals surface area contributed by atoms with Crippen molar-refractivity contribution in [1.82, 2.24) is 15.1 Å². The van der Waals surface area contributed by atoms with Gasteiger partial charge in [0, 0.05) is 30.9 Å². The molecule has 9 nitrogen and oxygen atoms in total. The van der Waals surface area contributed by atoms with Gasteiger partial charge in [0.2, 0.25) is 18.6 Å². The number of hydrogen-bond donors (Lipinski definition) is 2. The Morgan fingerprint density at radius 2 is 1.97 bits per heavy atom. The molecule has 1 fully saturated rings. The molecule has 186 valence electrons. The van der Waals surface area contributed by atoms with Gasteiger partial charge in [0.25, 0.3) is 5.91 Å². The van der Waals surface area contributed by atoms with Gasteiger partial charge in [-0.2, -0.15) is 0 Å². The first-order valence-corrected chi connectivity index (χ1v) is 12.3. The Hall–Kier alpha value is -3.53. The zero-order chi connectivity index (χ0) is 25.0. The monoisotopic (exact) mass is 498 g/mol. The first-order chi connectivity index (χ1) is 16.7. The van der Waals surface area contributed by atoms with E-state index in [1.807, 2.05) is 36.4 Å². The first kappa shape index (κ1) is 24.6. The number of anilines is 1. The molecule has 10 heteroatoms. The average Bonchev–Trinajstić information content (AvgIpc) is 3.45. The maximum absolute atomic E-state index is 13.5. The first-order valence-electron chi connectivity index (χ1n) is 11.5. The SMILES string of the molecule is CC(C)(C)c1cc(C(=O)N2CCNC(=O)CC2)c(NC(=O)N(Cc2ccccc2)C2=COCO2)s1. The van der Waals surface area contributed by atoms with Crippen LogP contribution < -0.4 is 10.6 Å². The van der Waals surface area contributed by atoms with Gasteiger partial charge in [-0.1, -0.05) is 51.1 Å². The Kier molecular flexibility index (Phi) is 7.30. The molecule has 1 aromatic carbocycles. The number of rotatable bonds is 5. The van der Waals surface area contributed by atoms with E-state index in [0.717, 1.165) is 10.4 Å². The highest BCUT2D eigenvalue weighted by Gasteiger charge is 2.30. The fraction of sp³-hybridized carbons (Fsp3) is 0.400. The molecule has 0 bridgehead atoms. The minimum atomic E-state index is -0.435. The molecule has 0 aliphatic carbocycles. The summed E-state index contributed by atoms with van der Waals surface area (Å²) < 4.78 is 10.7. The van der Waals surface area contributed by atoms with Crippen molar-refractivity contribution >= 4 is 34.2 Å². The van der Waals surface area contributed by atoms with Crippen LogP contribution in [0.25, 0.3) is 0 Å². The van der Waals surface area contributed by atoms with Crippen molar-refractivity contribution in [3.05, 3.63) is 64.5 Å². The summed E-state index contributed by atoms with van der Waals surface area (Å²) in [6.07, 6.45) is 1.66. The molecule has 0 spiro atoms. The molecule has 4 amide bonds. The molecule has 0 unspecified atom stereocenters. The topological polar surface area (TPSA) is 100 Å². The van der Waals surface area contributed by atoms with Crippen molar-refractivity contribution in [3.8, 4) is 0 Å². The van der Waals surface area contributed by atoms with Crippen molar-refractivity contribution in [2.24, 2.45) is 0 Å². The van der Waals surface area contributed by atoms with E-state index in [9.17, 15) is 14.4 Å². The van der Waals surface area contributed by atoms with Crippen LogP contribution in [-0.4, -0.2) is 54.1 Å². The van der Waals surface area contributed by atoms with Crippen LogP contribution in [0.2, 0.25) is 0 Å². The number of hydrogen-bond acceptors (Lipinski definition) is 6. The second kappa shape index (κ2) is 10.4. The number of amides is 4. The van der Waals surface area contributed by atoms with Crippen LogP contribution in [-0.2, 0) is 26.2 Å². The largest absolute Gasteiger partial charge is 0.459 e. The Morgan fingerprint density at radius 1 is 1.20 bits per heavy atom. The summed E-state index contributed by atoms with van der Waals surface area (Å²) >= 11 is 1.38. The van der Waals surface area contributed by atoms with Crippen LogP contribution >= 0.6 is 11.3 Å². The summed E-state index contributed by atoms with van der Waals surface area (Å²) in [6, 6.07) is 11.0. The van der Waals surface area contributed by atoms with E-state index in [1.54, 1.807) is 4.90 Å². The van der Waals surface area contributed by atoms with E-state index in [0.29, 0.717) is 36.1 Å². The van der Waals surface area contributed by atoms with E-state index in [4.69, 9.17) is 9.47 Å². The number of urea groups is 1. The van der Waals surface area contributed by atoms with Gasteiger partial charge in [0.15, 0.2) is 0 Å². The van der Waals surface area contributed by atoms with Crippen molar-refractivity contribution in [1.29, 1.82) is 0 Å². The third-order valence-electron chi connectivity index (χ3n) is 5.68. The summed E-state index contributed by atoms with van der Waals surface area (Å²) in [4.78, 5) is 42.8. The number of thiophene rings is 1. The molecule has 0 atom stereocenters.